The number of benzene rings is 1. The number of ketones is 1. The molecular weight excluding hydrogens is 233 g/mol. The quantitative estimate of drug-likeness (QED) is 0.800. The van der Waals surface area contributed by atoms with Crippen LogP contribution in [0.5, 0.6) is 0 Å². The fourth-order valence-electron chi connectivity index (χ4n) is 2.16. The van der Waals surface area contributed by atoms with Crippen LogP contribution in [0.1, 0.15) is 12.0 Å². The summed E-state index contributed by atoms with van der Waals surface area (Å²) in [5.74, 6) is -0.0135. The van der Waals surface area contributed by atoms with E-state index in [0.717, 1.165) is 6.42 Å². The molecule has 1 fully saturated rings. The molecule has 18 heavy (non-hydrogen) atoms. The van der Waals surface area contributed by atoms with E-state index in [2.05, 4.69) is 0 Å². The number of halogens is 1. The van der Waals surface area contributed by atoms with Crippen molar-refractivity contribution in [3.8, 4) is 0 Å². The summed E-state index contributed by atoms with van der Waals surface area (Å²) in [6.45, 7) is 2.01. The van der Waals surface area contributed by atoms with E-state index >= 15 is 0 Å². The van der Waals surface area contributed by atoms with Gasteiger partial charge in [-0.3, -0.25) is 9.69 Å². The molecule has 1 unspecified atom stereocenters. The summed E-state index contributed by atoms with van der Waals surface area (Å²) in [5.41, 5.74) is 0.621. The number of ether oxygens (including phenoxy) is 1. The molecule has 98 valence electrons. The summed E-state index contributed by atoms with van der Waals surface area (Å²) in [5, 5.41) is 0. The number of likely N-dealkylation sites (N-methyl/N-ethyl adjacent to an activating group) is 1. The second kappa shape index (κ2) is 6.07. The molecule has 1 aliphatic heterocycles. The third kappa shape index (κ3) is 3.37. The van der Waals surface area contributed by atoms with Crippen LogP contribution in [0.2, 0.25) is 0 Å². The molecule has 1 saturated heterocycles. The van der Waals surface area contributed by atoms with Gasteiger partial charge in [-0.25, -0.2) is 4.39 Å². The van der Waals surface area contributed by atoms with Crippen molar-refractivity contribution in [3.63, 3.8) is 0 Å². The fraction of sp³-hybridized carbons (Fsp3) is 0.500. The monoisotopic (exact) mass is 251 g/mol. The van der Waals surface area contributed by atoms with Crippen LogP contribution in [-0.4, -0.2) is 37.5 Å². The van der Waals surface area contributed by atoms with E-state index in [1.807, 2.05) is 11.9 Å². The van der Waals surface area contributed by atoms with Crippen LogP contribution in [0.4, 0.5) is 4.39 Å². The Bertz CT molecular complexity index is 416. The van der Waals surface area contributed by atoms with Crippen LogP contribution >= 0.6 is 0 Å². The first-order valence-electron chi connectivity index (χ1n) is 6.19. The molecule has 0 N–H and O–H groups in total. The van der Waals surface area contributed by atoms with Crippen molar-refractivity contribution in [2.24, 2.45) is 5.92 Å². The van der Waals surface area contributed by atoms with Crippen molar-refractivity contribution in [2.45, 2.75) is 13.0 Å². The highest BCUT2D eigenvalue weighted by atomic mass is 19.1. The van der Waals surface area contributed by atoms with Gasteiger partial charge in [0.15, 0.2) is 5.78 Å². The first-order chi connectivity index (χ1) is 8.66. The number of hydrogen-bond donors (Lipinski definition) is 0. The summed E-state index contributed by atoms with van der Waals surface area (Å²) < 4.78 is 18.7. The maximum atomic E-state index is 13.5. The topological polar surface area (TPSA) is 29.5 Å². The Balaban J connectivity index is 1.86. The smallest absolute Gasteiger partial charge is 0.152 e. The first kappa shape index (κ1) is 13.2. The zero-order valence-corrected chi connectivity index (χ0v) is 10.6. The number of Topliss-reactive ketones (excluding diaryl/α,β-unsaturated/α-hetero) is 1. The van der Waals surface area contributed by atoms with E-state index in [0.29, 0.717) is 31.9 Å². The van der Waals surface area contributed by atoms with Gasteiger partial charge in [0.25, 0.3) is 0 Å². The minimum atomic E-state index is -0.221. The van der Waals surface area contributed by atoms with Gasteiger partial charge in [0.2, 0.25) is 0 Å². The molecule has 0 saturated carbocycles. The Hall–Kier alpha value is -1.26. The van der Waals surface area contributed by atoms with E-state index < -0.39 is 0 Å². The average Bonchev–Trinajstić information content (AvgIpc) is 2.85. The van der Waals surface area contributed by atoms with Gasteiger partial charge < -0.3 is 4.74 Å². The van der Waals surface area contributed by atoms with E-state index in [-0.39, 0.29) is 17.5 Å². The fourth-order valence-corrected chi connectivity index (χ4v) is 2.16. The summed E-state index contributed by atoms with van der Waals surface area (Å²) in [4.78, 5) is 13.8. The number of hydrogen-bond acceptors (Lipinski definition) is 3. The Morgan fingerprint density at radius 2 is 2.28 bits per heavy atom. The van der Waals surface area contributed by atoms with Crippen molar-refractivity contribution in [2.75, 3.05) is 26.8 Å². The van der Waals surface area contributed by atoms with E-state index in [1.165, 1.54) is 6.07 Å². The van der Waals surface area contributed by atoms with Crippen molar-refractivity contribution in [3.05, 3.63) is 35.6 Å². The third-order valence-electron chi connectivity index (χ3n) is 3.21. The van der Waals surface area contributed by atoms with Crippen LogP contribution in [-0.2, 0) is 16.1 Å². The molecule has 0 radical (unpaired) electrons. The van der Waals surface area contributed by atoms with Crippen molar-refractivity contribution >= 4 is 5.78 Å². The second-order valence-electron chi connectivity index (χ2n) is 4.79. The van der Waals surface area contributed by atoms with Gasteiger partial charge in [-0.2, -0.15) is 0 Å². The lowest BCUT2D eigenvalue weighted by Gasteiger charge is -2.18. The molecular formula is C14H18FNO2. The molecule has 1 heterocycles. The lowest BCUT2D eigenvalue weighted by atomic mass is 10.0. The van der Waals surface area contributed by atoms with Gasteiger partial charge in [0.1, 0.15) is 5.82 Å². The minimum Gasteiger partial charge on any atom is -0.381 e. The van der Waals surface area contributed by atoms with Gasteiger partial charge in [-0.15, -0.1) is 0 Å². The van der Waals surface area contributed by atoms with Gasteiger partial charge in [0.05, 0.1) is 13.2 Å². The van der Waals surface area contributed by atoms with Gasteiger partial charge in [-0.1, -0.05) is 18.2 Å². The van der Waals surface area contributed by atoms with E-state index in [1.54, 1.807) is 18.2 Å². The first-order valence-corrected chi connectivity index (χ1v) is 6.19. The average molecular weight is 251 g/mol. The molecule has 1 aliphatic rings. The molecule has 4 heteroatoms. The molecule has 0 bridgehead atoms. The molecule has 2 rings (SSSR count). The Labute approximate surface area is 107 Å². The predicted octanol–water partition coefficient (Wildman–Crippen LogP) is 1.86. The second-order valence-corrected chi connectivity index (χ2v) is 4.79. The molecule has 0 aliphatic carbocycles. The van der Waals surface area contributed by atoms with Gasteiger partial charge in [0, 0.05) is 24.6 Å². The van der Waals surface area contributed by atoms with Gasteiger partial charge >= 0.3 is 0 Å². The van der Waals surface area contributed by atoms with Crippen molar-refractivity contribution < 1.29 is 13.9 Å². The molecule has 3 nitrogen and oxygen atoms in total. The highest BCUT2D eigenvalue weighted by Crippen LogP contribution is 2.15. The number of rotatable bonds is 5. The summed E-state index contributed by atoms with van der Waals surface area (Å²) in [7, 11) is 1.83. The Morgan fingerprint density at radius 1 is 1.50 bits per heavy atom. The zero-order chi connectivity index (χ0) is 13.0. The lowest BCUT2D eigenvalue weighted by Crippen LogP contribution is -2.30. The highest BCUT2D eigenvalue weighted by Gasteiger charge is 2.24. The van der Waals surface area contributed by atoms with Crippen molar-refractivity contribution in [1.29, 1.82) is 0 Å². The maximum Gasteiger partial charge on any atom is 0.152 e. The summed E-state index contributed by atoms with van der Waals surface area (Å²) >= 11 is 0. The van der Waals surface area contributed by atoms with Crippen LogP contribution in [0.3, 0.4) is 0 Å². The standard InChI is InChI=1S/C14H18FNO2/c1-16(8-11-4-2-3-5-13(11)15)9-14(17)12-6-7-18-10-12/h2-5,12H,6-10H2,1H3. The lowest BCUT2D eigenvalue weighted by molar-refractivity contribution is -0.123. The molecule has 0 amide bonds. The molecule has 0 spiro atoms. The van der Waals surface area contributed by atoms with E-state index in [9.17, 15) is 9.18 Å². The Morgan fingerprint density at radius 3 is 2.94 bits per heavy atom. The summed E-state index contributed by atoms with van der Waals surface area (Å²) in [6.07, 6.45) is 0.812. The SMILES string of the molecule is CN(CC(=O)C1CCOC1)Cc1ccccc1F. The van der Waals surface area contributed by atoms with Crippen LogP contribution in [0.25, 0.3) is 0 Å². The largest absolute Gasteiger partial charge is 0.381 e. The zero-order valence-electron chi connectivity index (χ0n) is 10.6. The highest BCUT2D eigenvalue weighted by molar-refractivity contribution is 5.83. The number of carbonyl (C=O) groups excluding carboxylic acids is 1. The van der Waals surface area contributed by atoms with E-state index in [4.69, 9.17) is 4.74 Å². The molecule has 0 aromatic heterocycles. The van der Waals surface area contributed by atoms with Crippen LogP contribution < -0.4 is 0 Å². The molecule has 1 atom stereocenters. The number of nitrogens with zero attached hydrogens (tertiary/aromatic N) is 1. The maximum absolute atomic E-state index is 13.5. The van der Waals surface area contributed by atoms with Crippen LogP contribution in [0.15, 0.2) is 24.3 Å². The molecule has 1 aromatic carbocycles. The minimum absolute atomic E-state index is 0.0214. The Kier molecular flexibility index (Phi) is 4.44. The number of carbonyl (C=O) groups is 1. The molecule has 1 aromatic rings. The van der Waals surface area contributed by atoms with Gasteiger partial charge in [-0.05, 0) is 19.5 Å². The van der Waals surface area contributed by atoms with Crippen LogP contribution in [0, 0.1) is 11.7 Å². The van der Waals surface area contributed by atoms with Crippen molar-refractivity contribution in [1.82, 2.24) is 4.90 Å². The predicted molar refractivity (Wildman–Crippen MR) is 66.7 cm³/mol. The third-order valence-corrected chi connectivity index (χ3v) is 3.21. The summed E-state index contributed by atoms with van der Waals surface area (Å²) in [6, 6.07) is 6.66. The normalized spacial score (nSPS) is 19.4.